The molecular formula is C19H23ClIN3O2. The van der Waals surface area contributed by atoms with Gasteiger partial charge in [-0.2, -0.15) is 0 Å². The van der Waals surface area contributed by atoms with Gasteiger partial charge in [0.15, 0.2) is 17.5 Å². The standard InChI is InChI=1S/C19H22ClN3O2.HI/c20-16-7-2-1-5-14(16)6-3-10-22-19(21)23-15-8-9-17-18(13-15)25-12-4-11-24-17;/h1-2,5,7-9,13H,3-4,6,10-12H2,(H3,21,22,23);1H. The van der Waals surface area contributed by atoms with Gasteiger partial charge in [0.25, 0.3) is 0 Å². The van der Waals surface area contributed by atoms with Crippen molar-refractivity contribution in [2.24, 2.45) is 10.7 Å². The molecule has 1 aliphatic rings. The third-order valence-electron chi connectivity index (χ3n) is 3.86. The number of ether oxygens (including phenoxy) is 2. The molecule has 2 aromatic rings. The number of nitrogens with two attached hydrogens (primary N) is 1. The molecule has 2 aromatic carbocycles. The Morgan fingerprint density at radius 1 is 1.12 bits per heavy atom. The lowest BCUT2D eigenvalue weighted by Gasteiger charge is -2.10. The Kier molecular flexibility index (Phi) is 8.31. The number of aliphatic imine (C=N–C) groups is 1. The zero-order valence-electron chi connectivity index (χ0n) is 14.4. The van der Waals surface area contributed by atoms with Gasteiger partial charge in [-0.05, 0) is 36.6 Å². The number of halogens is 2. The van der Waals surface area contributed by atoms with Gasteiger partial charge in [0.1, 0.15) is 0 Å². The Labute approximate surface area is 175 Å². The van der Waals surface area contributed by atoms with Crippen molar-refractivity contribution in [3.05, 3.63) is 53.1 Å². The lowest BCUT2D eigenvalue weighted by molar-refractivity contribution is 0.297. The molecule has 0 bridgehead atoms. The molecule has 1 heterocycles. The molecule has 0 unspecified atom stereocenters. The number of nitrogens with one attached hydrogen (secondary N) is 1. The van der Waals surface area contributed by atoms with Crippen LogP contribution in [0.4, 0.5) is 5.69 Å². The van der Waals surface area contributed by atoms with E-state index in [1.807, 2.05) is 42.5 Å². The number of aryl methyl sites for hydroxylation is 1. The van der Waals surface area contributed by atoms with Crippen molar-refractivity contribution in [1.29, 1.82) is 0 Å². The Bertz CT molecular complexity index is 755. The van der Waals surface area contributed by atoms with Crippen LogP contribution in [0.3, 0.4) is 0 Å². The first-order chi connectivity index (χ1) is 12.2. The molecule has 0 radical (unpaired) electrons. The van der Waals surface area contributed by atoms with Crippen LogP contribution in [0.2, 0.25) is 5.02 Å². The molecule has 3 N–H and O–H groups in total. The Morgan fingerprint density at radius 2 is 1.88 bits per heavy atom. The van der Waals surface area contributed by atoms with Gasteiger partial charge in [-0.3, -0.25) is 4.99 Å². The maximum Gasteiger partial charge on any atom is 0.193 e. The summed E-state index contributed by atoms with van der Waals surface area (Å²) in [6.45, 7) is 1.96. The Hall–Kier alpha value is -1.67. The van der Waals surface area contributed by atoms with Crippen molar-refractivity contribution in [2.75, 3.05) is 25.1 Å². The summed E-state index contributed by atoms with van der Waals surface area (Å²) in [7, 11) is 0. The van der Waals surface area contributed by atoms with Crippen LogP contribution in [-0.4, -0.2) is 25.7 Å². The van der Waals surface area contributed by atoms with Gasteiger partial charge in [0, 0.05) is 29.7 Å². The van der Waals surface area contributed by atoms with E-state index in [1.165, 1.54) is 0 Å². The predicted octanol–water partition coefficient (Wildman–Crippen LogP) is 4.48. The largest absolute Gasteiger partial charge is 0.490 e. The third kappa shape index (κ3) is 5.95. The zero-order valence-corrected chi connectivity index (χ0v) is 17.5. The summed E-state index contributed by atoms with van der Waals surface area (Å²) >= 11 is 6.15. The minimum Gasteiger partial charge on any atom is -0.490 e. The molecule has 0 saturated carbocycles. The van der Waals surface area contributed by atoms with Crippen molar-refractivity contribution in [3.8, 4) is 11.5 Å². The second kappa shape index (κ2) is 10.5. The quantitative estimate of drug-likeness (QED) is 0.282. The zero-order chi connectivity index (χ0) is 17.5. The lowest BCUT2D eigenvalue weighted by atomic mass is 10.1. The average molecular weight is 488 g/mol. The van der Waals surface area contributed by atoms with Crippen LogP contribution in [0, 0.1) is 0 Å². The number of guanidine groups is 1. The second-order valence-corrected chi connectivity index (χ2v) is 6.21. The summed E-state index contributed by atoms with van der Waals surface area (Å²) in [6, 6.07) is 13.5. The number of anilines is 1. The summed E-state index contributed by atoms with van der Waals surface area (Å²) in [5.41, 5.74) is 7.93. The highest BCUT2D eigenvalue weighted by atomic mass is 127. The molecular weight excluding hydrogens is 465 g/mol. The van der Waals surface area contributed by atoms with Gasteiger partial charge in [-0.25, -0.2) is 0 Å². The molecule has 0 saturated heterocycles. The molecule has 0 spiro atoms. The van der Waals surface area contributed by atoms with Gasteiger partial charge >= 0.3 is 0 Å². The van der Waals surface area contributed by atoms with E-state index < -0.39 is 0 Å². The molecule has 140 valence electrons. The normalized spacial score (nSPS) is 13.5. The van der Waals surface area contributed by atoms with Crippen molar-refractivity contribution in [1.82, 2.24) is 0 Å². The molecule has 0 atom stereocenters. The highest BCUT2D eigenvalue weighted by Crippen LogP contribution is 2.32. The summed E-state index contributed by atoms with van der Waals surface area (Å²) in [4.78, 5) is 4.36. The number of fused-ring (bicyclic) bond motifs is 1. The highest BCUT2D eigenvalue weighted by Gasteiger charge is 2.10. The fourth-order valence-corrected chi connectivity index (χ4v) is 2.83. The second-order valence-electron chi connectivity index (χ2n) is 5.80. The van der Waals surface area contributed by atoms with E-state index in [0.29, 0.717) is 25.7 Å². The van der Waals surface area contributed by atoms with Crippen molar-refractivity contribution in [3.63, 3.8) is 0 Å². The van der Waals surface area contributed by atoms with Crippen molar-refractivity contribution < 1.29 is 9.47 Å². The van der Waals surface area contributed by atoms with E-state index in [2.05, 4.69) is 10.3 Å². The van der Waals surface area contributed by atoms with Crippen LogP contribution in [0.5, 0.6) is 11.5 Å². The first-order valence-corrected chi connectivity index (χ1v) is 8.80. The van der Waals surface area contributed by atoms with E-state index >= 15 is 0 Å². The van der Waals surface area contributed by atoms with Crippen LogP contribution in [0.1, 0.15) is 18.4 Å². The predicted molar refractivity (Wildman–Crippen MR) is 117 cm³/mol. The molecule has 5 nitrogen and oxygen atoms in total. The monoisotopic (exact) mass is 487 g/mol. The van der Waals surface area contributed by atoms with Crippen LogP contribution in [-0.2, 0) is 6.42 Å². The number of rotatable bonds is 5. The van der Waals surface area contributed by atoms with Crippen LogP contribution in [0.15, 0.2) is 47.5 Å². The SMILES string of the molecule is I.NC(=NCCCc1ccccc1Cl)Nc1ccc2c(c1)OCCCO2. The van der Waals surface area contributed by atoms with E-state index in [0.717, 1.165) is 47.0 Å². The topological polar surface area (TPSA) is 68.9 Å². The minimum absolute atomic E-state index is 0. The Morgan fingerprint density at radius 3 is 2.69 bits per heavy atom. The maximum absolute atomic E-state index is 6.15. The molecule has 1 aliphatic heterocycles. The average Bonchev–Trinajstić information content (AvgIpc) is 2.85. The van der Waals surface area contributed by atoms with E-state index in [1.54, 1.807) is 0 Å². The fraction of sp³-hybridized carbons (Fsp3) is 0.316. The molecule has 0 aromatic heterocycles. The minimum atomic E-state index is 0. The van der Waals surface area contributed by atoms with Gasteiger partial charge < -0.3 is 20.5 Å². The first-order valence-electron chi connectivity index (χ1n) is 8.42. The molecule has 3 rings (SSSR count). The summed E-state index contributed by atoms with van der Waals surface area (Å²) < 4.78 is 11.3. The molecule has 0 aliphatic carbocycles. The van der Waals surface area contributed by atoms with Crippen molar-refractivity contribution >= 4 is 47.2 Å². The van der Waals surface area contributed by atoms with Gasteiger partial charge in [-0.1, -0.05) is 29.8 Å². The summed E-state index contributed by atoms with van der Waals surface area (Å²) in [6.07, 6.45) is 2.64. The Balaban J connectivity index is 0.00000243. The molecule has 0 amide bonds. The number of hydrogen-bond donors (Lipinski definition) is 2. The summed E-state index contributed by atoms with van der Waals surface area (Å²) in [5, 5.41) is 3.88. The number of hydrogen-bond acceptors (Lipinski definition) is 3. The molecule has 26 heavy (non-hydrogen) atoms. The maximum atomic E-state index is 6.15. The van der Waals surface area contributed by atoms with Crippen molar-refractivity contribution in [2.45, 2.75) is 19.3 Å². The molecule has 0 fully saturated rings. The molecule has 7 heteroatoms. The van der Waals surface area contributed by atoms with Gasteiger partial charge in [0.2, 0.25) is 0 Å². The fourth-order valence-electron chi connectivity index (χ4n) is 2.60. The smallest absolute Gasteiger partial charge is 0.193 e. The summed E-state index contributed by atoms with van der Waals surface area (Å²) in [5.74, 6) is 1.88. The van der Waals surface area contributed by atoms with Gasteiger partial charge in [-0.15, -0.1) is 24.0 Å². The van der Waals surface area contributed by atoms with E-state index in [4.69, 9.17) is 26.8 Å². The van der Waals surface area contributed by atoms with E-state index in [9.17, 15) is 0 Å². The van der Waals surface area contributed by atoms with E-state index in [-0.39, 0.29) is 24.0 Å². The highest BCUT2D eigenvalue weighted by molar-refractivity contribution is 14.0. The first kappa shape index (κ1) is 20.6. The third-order valence-corrected chi connectivity index (χ3v) is 4.23. The van der Waals surface area contributed by atoms with Gasteiger partial charge in [0.05, 0.1) is 13.2 Å². The number of nitrogens with zero attached hydrogens (tertiary/aromatic N) is 1. The van der Waals surface area contributed by atoms with Crippen LogP contribution < -0.4 is 20.5 Å². The van der Waals surface area contributed by atoms with Crippen LogP contribution in [0.25, 0.3) is 0 Å². The lowest BCUT2D eigenvalue weighted by Crippen LogP contribution is -2.22. The van der Waals surface area contributed by atoms with Crippen LogP contribution >= 0.6 is 35.6 Å². The number of benzene rings is 2.